The van der Waals surface area contributed by atoms with Gasteiger partial charge >= 0.3 is 5.97 Å². The molecule has 2 nitrogen and oxygen atoms in total. The molecule has 1 N–H and O–H groups in total. The highest BCUT2D eigenvalue weighted by atomic mass is 16.4. The summed E-state index contributed by atoms with van der Waals surface area (Å²) in [4.78, 5) is 10.9. The maximum absolute atomic E-state index is 10.9. The van der Waals surface area contributed by atoms with Gasteiger partial charge in [0, 0.05) is 0 Å². The van der Waals surface area contributed by atoms with Crippen LogP contribution in [0.1, 0.15) is 65.7 Å². The molecule has 0 aromatic heterocycles. The number of carboxylic acid groups (broad SMARTS) is 1. The molecule has 1 rings (SSSR count). The second kappa shape index (κ2) is 7.03. The van der Waals surface area contributed by atoms with Crippen LogP contribution in [0.2, 0.25) is 0 Å². The molecule has 0 saturated heterocycles. The van der Waals surface area contributed by atoms with E-state index in [1.807, 2.05) is 0 Å². The SMILES string of the molecule is CCC(CCC(C)C)C1CCC(C(=O)O)CC1. The molecular weight excluding hydrogens is 212 g/mol. The van der Waals surface area contributed by atoms with E-state index in [2.05, 4.69) is 20.8 Å². The lowest BCUT2D eigenvalue weighted by atomic mass is 9.73. The minimum absolute atomic E-state index is 0.0612. The average molecular weight is 240 g/mol. The minimum atomic E-state index is -0.585. The smallest absolute Gasteiger partial charge is 0.306 e. The average Bonchev–Trinajstić information content (AvgIpc) is 2.30. The molecule has 1 atom stereocenters. The fourth-order valence-electron chi connectivity index (χ4n) is 3.16. The molecule has 0 amide bonds. The first-order chi connectivity index (χ1) is 8.04. The molecule has 1 unspecified atom stereocenters. The lowest BCUT2D eigenvalue weighted by molar-refractivity contribution is -0.143. The Morgan fingerprint density at radius 2 is 1.76 bits per heavy atom. The molecule has 0 aromatic rings. The summed E-state index contributed by atoms with van der Waals surface area (Å²) in [5.74, 6) is 1.76. The fraction of sp³-hybridized carbons (Fsp3) is 0.933. The molecule has 0 radical (unpaired) electrons. The summed E-state index contributed by atoms with van der Waals surface area (Å²) in [6.07, 6.45) is 7.97. The van der Waals surface area contributed by atoms with E-state index in [-0.39, 0.29) is 5.92 Å². The van der Waals surface area contributed by atoms with E-state index >= 15 is 0 Å². The van der Waals surface area contributed by atoms with Crippen molar-refractivity contribution >= 4 is 5.97 Å². The Labute approximate surface area is 106 Å². The van der Waals surface area contributed by atoms with Crippen LogP contribution < -0.4 is 0 Å². The molecule has 0 aliphatic heterocycles. The highest BCUT2D eigenvalue weighted by Gasteiger charge is 2.29. The van der Waals surface area contributed by atoms with Crippen molar-refractivity contribution in [1.29, 1.82) is 0 Å². The molecule has 1 saturated carbocycles. The predicted molar refractivity (Wildman–Crippen MR) is 70.9 cm³/mol. The van der Waals surface area contributed by atoms with E-state index < -0.39 is 5.97 Å². The highest BCUT2D eigenvalue weighted by Crippen LogP contribution is 2.37. The summed E-state index contributed by atoms with van der Waals surface area (Å²) in [5, 5.41) is 9.00. The quantitative estimate of drug-likeness (QED) is 0.750. The molecule has 0 heterocycles. The van der Waals surface area contributed by atoms with Crippen molar-refractivity contribution in [1.82, 2.24) is 0 Å². The standard InChI is InChI=1S/C15H28O2/c1-4-12(6-5-11(2)3)13-7-9-14(10-8-13)15(16)17/h11-14H,4-10H2,1-3H3,(H,16,17). The van der Waals surface area contributed by atoms with Crippen molar-refractivity contribution in [2.45, 2.75) is 65.7 Å². The van der Waals surface area contributed by atoms with E-state index in [4.69, 9.17) is 5.11 Å². The first kappa shape index (κ1) is 14.5. The fourth-order valence-corrected chi connectivity index (χ4v) is 3.16. The minimum Gasteiger partial charge on any atom is -0.481 e. The lowest BCUT2D eigenvalue weighted by Crippen LogP contribution is -2.25. The second-order valence-electron chi connectivity index (χ2n) is 6.09. The van der Waals surface area contributed by atoms with Gasteiger partial charge in [0.2, 0.25) is 0 Å². The zero-order chi connectivity index (χ0) is 12.8. The molecule has 0 aromatic carbocycles. The first-order valence-electron chi connectivity index (χ1n) is 7.27. The van der Waals surface area contributed by atoms with Crippen LogP contribution in [0.4, 0.5) is 0 Å². The number of hydrogen-bond donors (Lipinski definition) is 1. The maximum atomic E-state index is 10.9. The lowest BCUT2D eigenvalue weighted by Gasteiger charge is -2.32. The largest absolute Gasteiger partial charge is 0.481 e. The Morgan fingerprint density at radius 3 is 2.18 bits per heavy atom. The molecule has 2 heteroatoms. The van der Waals surface area contributed by atoms with Crippen molar-refractivity contribution in [3.8, 4) is 0 Å². The number of aliphatic carboxylic acids is 1. The van der Waals surface area contributed by atoms with Crippen LogP contribution in [0.15, 0.2) is 0 Å². The van der Waals surface area contributed by atoms with Gasteiger partial charge in [0.1, 0.15) is 0 Å². The molecule has 0 bridgehead atoms. The monoisotopic (exact) mass is 240 g/mol. The maximum Gasteiger partial charge on any atom is 0.306 e. The Morgan fingerprint density at radius 1 is 1.18 bits per heavy atom. The zero-order valence-electron chi connectivity index (χ0n) is 11.6. The van der Waals surface area contributed by atoms with Crippen molar-refractivity contribution in [2.75, 3.05) is 0 Å². The number of carboxylic acids is 1. The summed E-state index contributed by atoms with van der Waals surface area (Å²) in [6.45, 7) is 6.86. The van der Waals surface area contributed by atoms with E-state index in [1.54, 1.807) is 0 Å². The third-order valence-electron chi connectivity index (χ3n) is 4.43. The van der Waals surface area contributed by atoms with E-state index in [0.717, 1.165) is 43.4 Å². The topological polar surface area (TPSA) is 37.3 Å². The molecular formula is C15H28O2. The molecule has 1 fully saturated rings. The summed E-state index contributed by atoms with van der Waals surface area (Å²) >= 11 is 0. The third kappa shape index (κ3) is 4.69. The molecule has 0 spiro atoms. The Balaban J connectivity index is 2.36. The van der Waals surface area contributed by atoms with Gasteiger partial charge in [-0.05, 0) is 49.9 Å². The van der Waals surface area contributed by atoms with Crippen LogP contribution >= 0.6 is 0 Å². The Kier molecular flexibility index (Phi) is 6.01. The summed E-state index contributed by atoms with van der Waals surface area (Å²) < 4.78 is 0. The van der Waals surface area contributed by atoms with Gasteiger partial charge in [-0.15, -0.1) is 0 Å². The van der Waals surface area contributed by atoms with Crippen LogP contribution in [0.25, 0.3) is 0 Å². The van der Waals surface area contributed by atoms with Crippen LogP contribution in [-0.4, -0.2) is 11.1 Å². The predicted octanol–water partition coefficient (Wildman–Crippen LogP) is 4.34. The number of rotatable bonds is 6. The van der Waals surface area contributed by atoms with Crippen LogP contribution in [0, 0.1) is 23.7 Å². The highest BCUT2D eigenvalue weighted by molar-refractivity contribution is 5.69. The third-order valence-corrected chi connectivity index (χ3v) is 4.43. The molecule has 100 valence electrons. The van der Waals surface area contributed by atoms with Crippen molar-refractivity contribution in [3.63, 3.8) is 0 Å². The van der Waals surface area contributed by atoms with Crippen LogP contribution in [0.5, 0.6) is 0 Å². The summed E-state index contributed by atoms with van der Waals surface area (Å²) in [6, 6.07) is 0. The zero-order valence-corrected chi connectivity index (χ0v) is 11.6. The van der Waals surface area contributed by atoms with Crippen LogP contribution in [0.3, 0.4) is 0 Å². The second-order valence-corrected chi connectivity index (χ2v) is 6.09. The number of hydrogen-bond acceptors (Lipinski definition) is 1. The normalized spacial score (nSPS) is 27.1. The summed E-state index contributed by atoms with van der Waals surface area (Å²) in [7, 11) is 0. The Bertz CT molecular complexity index is 227. The number of carbonyl (C=O) groups is 1. The van der Waals surface area contributed by atoms with Crippen LogP contribution in [-0.2, 0) is 4.79 Å². The van der Waals surface area contributed by atoms with Crippen molar-refractivity contribution in [3.05, 3.63) is 0 Å². The van der Waals surface area contributed by atoms with E-state index in [0.29, 0.717) is 0 Å². The molecule has 17 heavy (non-hydrogen) atoms. The van der Waals surface area contributed by atoms with Gasteiger partial charge in [-0.25, -0.2) is 0 Å². The van der Waals surface area contributed by atoms with Gasteiger partial charge in [0.15, 0.2) is 0 Å². The van der Waals surface area contributed by atoms with Gasteiger partial charge in [0.25, 0.3) is 0 Å². The molecule has 1 aliphatic carbocycles. The van der Waals surface area contributed by atoms with Gasteiger partial charge < -0.3 is 5.11 Å². The summed E-state index contributed by atoms with van der Waals surface area (Å²) in [5.41, 5.74) is 0. The van der Waals surface area contributed by atoms with E-state index in [1.165, 1.54) is 19.3 Å². The first-order valence-corrected chi connectivity index (χ1v) is 7.27. The Hall–Kier alpha value is -0.530. The van der Waals surface area contributed by atoms with Crippen molar-refractivity contribution in [2.24, 2.45) is 23.7 Å². The molecule has 1 aliphatic rings. The van der Waals surface area contributed by atoms with Gasteiger partial charge in [-0.1, -0.05) is 33.6 Å². The van der Waals surface area contributed by atoms with Crippen molar-refractivity contribution < 1.29 is 9.90 Å². The van der Waals surface area contributed by atoms with Gasteiger partial charge in [-0.3, -0.25) is 4.79 Å². The van der Waals surface area contributed by atoms with E-state index in [9.17, 15) is 4.79 Å². The van der Waals surface area contributed by atoms with Gasteiger partial charge in [-0.2, -0.15) is 0 Å². The van der Waals surface area contributed by atoms with Gasteiger partial charge in [0.05, 0.1) is 5.92 Å².